The normalized spacial score (nSPS) is 11.1. The van der Waals surface area contributed by atoms with Crippen molar-refractivity contribution in [2.45, 2.75) is 20.4 Å². The number of rotatable bonds is 4. The number of hydrogen-bond donors (Lipinski definition) is 2. The Kier molecular flexibility index (Phi) is 4.90. The van der Waals surface area contributed by atoms with Gasteiger partial charge in [-0.1, -0.05) is 44.2 Å². The van der Waals surface area contributed by atoms with Gasteiger partial charge in [0.2, 0.25) is 5.43 Å². The highest BCUT2D eigenvalue weighted by atomic mass is 16.4. The van der Waals surface area contributed by atoms with Gasteiger partial charge in [-0.15, -0.1) is 0 Å². The summed E-state index contributed by atoms with van der Waals surface area (Å²) >= 11 is 0. The van der Waals surface area contributed by atoms with Crippen molar-refractivity contribution in [2.24, 2.45) is 5.92 Å². The smallest absolute Gasteiger partial charge is 0.412 e. The number of aromatic hydroxyl groups is 1. The van der Waals surface area contributed by atoms with Crippen molar-refractivity contribution in [3.05, 3.63) is 58.9 Å². The SMILES string of the molecule is CC(C)Cn1cc2cc(O)c(=O)cc-2c(-c2ccccc2)c1N(C)C(=O)O. The molecule has 27 heavy (non-hydrogen) atoms. The summed E-state index contributed by atoms with van der Waals surface area (Å²) in [4.78, 5) is 25.1. The number of nitrogens with zero attached hydrogens (tertiary/aromatic N) is 2. The number of benzene rings is 2. The van der Waals surface area contributed by atoms with Crippen LogP contribution in [0.15, 0.2) is 53.5 Å². The fraction of sp³-hybridized carbons (Fsp3) is 0.238. The Bertz CT molecular complexity index is 1010. The minimum Gasteiger partial charge on any atom is -0.504 e. The lowest BCUT2D eigenvalue weighted by molar-refractivity contribution is 0.203. The van der Waals surface area contributed by atoms with E-state index in [2.05, 4.69) is 0 Å². The van der Waals surface area contributed by atoms with Gasteiger partial charge < -0.3 is 14.8 Å². The molecule has 6 nitrogen and oxygen atoms in total. The number of anilines is 1. The summed E-state index contributed by atoms with van der Waals surface area (Å²) in [5, 5.41) is 19.5. The molecule has 1 heterocycles. The lowest BCUT2D eigenvalue weighted by Crippen LogP contribution is -2.29. The van der Waals surface area contributed by atoms with E-state index < -0.39 is 11.5 Å². The maximum atomic E-state index is 12.1. The van der Waals surface area contributed by atoms with E-state index in [4.69, 9.17) is 0 Å². The Morgan fingerprint density at radius 2 is 1.81 bits per heavy atom. The predicted octanol–water partition coefficient (Wildman–Crippen LogP) is 4.10. The number of amides is 1. The van der Waals surface area contributed by atoms with E-state index in [1.165, 1.54) is 24.1 Å². The quantitative estimate of drug-likeness (QED) is 0.728. The van der Waals surface area contributed by atoms with E-state index in [-0.39, 0.29) is 11.7 Å². The van der Waals surface area contributed by atoms with Gasteiger partial charge in [0.05, 0.1) is 0 Å². The van der Waals surface area contributed by atoms with Crippen LogP contribution >= 0.6 is 0 Å². The first-order chi connectivity index (χ1) is 12.8. The lowest BCUT2D eigenvalue weighted by Gasteiger charge is -2.28. The van der Waals surface area contributed by atoms with Crippen molar-refractivity contribution in [1.29, 1.82) is 0 Å². The monoisotopic (exact) mass is 366 g/mol. The van der Waals surface area contributed by atoms with E-state index in [0.717, 1.165) is 5.56 Å². The number of hydrogen-bond acceptors (Lipinski definition) is 3. The molecule has 1 aliphatic carbocycles. The Balaban J connectivity index is 2.48. The number of phenols is 1. The second-order valence-corrected chi connectivity index (χ2v) is 6.99. The summed E-state index contributed by atoms with van der Waals surface area (Å²) in [6, 6.07) is 12.2. The van der Waals surface area contributed by atoms with Crippen LogP contribution in [0.4, 0.5) is 10.6 Å². The first kappa shape index (κ1) is 18.5. The molecule has 1 amide bonds. The molecule has 0 saturated carbocycles. The molecule has 1 aromatic carbocycles. The highest BCUT2D eigenvalue weighted by Crippen LogP contribution is 2.41. The molecule has 140 valence electrons. The van der Waals surface area contributed by atoms with Gasteiger partial charge in [-0.05, 0) is 29.2 Å². The maximum Gasteiger partial charge on any atom is 0.412 e. The van der Waals surface area contributed by atoms with Crippen molar-refractivity contribution in [3.8, 4) is 28.0 Å². The zero-order valence-electron chi connectivity index (χ0n) is 15.5. The summed E-state index contributed by atoms with van der Waals surface area (Å²) in [6.07, 6.45) is 0.695. The number of aromatic nitrogens is 1. The Labute approximate surface area is 157 Å². The summed E-state index contributed by atoms with van der Waals surface area (Å²) < 4.78 is 1.87. The second kappa shape index (κ2) is 7.15. The van der Waals surface area contributed by atoms with Crippen LogP contribution in [-0.4, -0.2) is 27.9 Å². The molecule has 0 spiro atoms. The lowest BCUT2D eigenvalue weighted by atomic mass is 9.93. The van der Waals surface area contributed by atoms with Crippen LogP contribution in [0.2, 0.25) is 0 Å². The van der Waals surface area contributed by atoms with Gasteiger partial charge in [0.25, 0.3) is 0 Å². The first-order valence-electron chi connectivity index (χ1n) is 8.71. The molecular weight excluding hydrogens is 344 g/mol. The van der Waals surface area contributed by atoms with E-state index >= 15 is 0 Å². The van der Waals surface area contributed by atoms with E-state index in [1.807, 2.05) is 48.7 Å². The van der Waals surface area contributed by atoms with Crippen LogP contribution in [-0.2, 0) is 6.54 Å². The molecule has 0 bridgehead atoms. The average molecular weight is 366 g/mol. The van der Waals surface area contributed by atoms with Gasteiger partial charge in [-0.25, -0.2) is 4.79 Å². The summed E-state index contributed by atoms with van der Waals surface area (Å²) in [6.45, 7) is 4.67. The third-order valence-electron chi connectivity index (χ3n) is 4.42. The molecule has 0 radical (unpaired) electrons. The molecule has 2 N–H and O–H groups in total. The van der Waals surface area contributed by atoms with Gasteiger partial charge >= 0.3 is 6.09 Å². The van der Waals surface area contributed by atoms with Crippen molar-refractivity contribution in [2.75, 3.05) is 11.9 Å². The first-order valence-corrected chi connectivity index (χ1v) is 8.71. The Morgan fingerprint density at radius 1 is 1.15 bits per heavy atom. The molecule has 0 aromatic heterocycles. The van der Waals surface area contributed by atoms with Gasteiger partial charge in [-0.2, -0.15) is 0 Å². The van der Waals surface area contributed by atoms with Crippen molar-refractivity contribution in [3.63, 3.8) is 0 Å². The van der Waals surface area contributed by atoms with Crippen molar-refractivity contribution >= 4 is 11.9 Å². The zero-order valence-corrected chi connectivity index (χ0v) is 15.5. The number of carboxylic acid groups (broad SMARTS) is 1. The summed E-state index contributed by atoms with van der Waals surface area (Å²) in [5.74, 6) is 0.432. The van der Waals surface area contributed by atoms with Crippen molar-refractivity contribution in [1.82, 2.24) is 4.57 Å². The van der Waals surface area contributed by atoms with Crippen molar-refractivity contribution < 1.29 is 15.0 Å². The van der Waals surface area contributed by atoms with Gasteiger partial charge in [0, 0.05) is 30.9 Å². The van der Waals surface area contributed by atoms with Crippen LogP contribution in [0.5, 0.6) is 5.75 Å². The third-order valence-corrected chi connectivity index (χ3v) is 4.42. The number of carbonyl (C=O) groups is 1. The molecule has 0 atom stereocenters. The molecule has 0 unspecified atom stereocenters. The van der Waals surface area contributed by atoms with Gasteiger partial charge in [0.15, 0.2) is 5.75 Å². The van der Waals surface area contributed by atoms with Crippen LogP contribution in [0.25, 0.3) is 22.3 Å². The number of pyridine rings is 1. The summed E-state index contributed by atoms with van der Waals surface area (Å²) in [7, 11) is 1.49. The molecule has 2 aliphatic rings. The fourth-order valence-electron chi connectivity index (χ4n) is 3.27. The van der Waals surface area contributed by atoms with Crippen LogP contribution in [0.1, 0.15) is 13.8 Å². The summed E-state index contributed by atoms with van der Waals surface area (Å²) in [5.41, 5.74) is 2.23. The minimum absolute atomic E-state index is 0.268. The van der Waals surface area contributed by atoms with Crippen LogP contribution in [0, 0.1) is 5.92 Å². The largest absolute Gasteiger partial charge is 0.504 e. The van der Waals surface area contributed by atoms with E-state index in [9.17, 15) is 19.8 Å². The number of fused-ring (bicyclic) bond motifs is 1. The molecule has 6 heteroatoms. The molecule has 0 fully saturated rings. The molecule has 1 aliphatic heterocycles. The van der Waals surface area contributed by atoms with Gasteiger partial charge in [0.1, 0.15) is 5.82 Å². The second-order valence-electron chi connectivity index (χ2n) is 6.99. The highest BCUT2D eigenvalue weighted by molar-refractivity contribution is 5.98. The maximum absolute atomic E-state index is 12.1. The Morgan fingerprint density at radius 3 is 2.41 bits per heavy atom. The molecular formula is C21H22N2O4. The molecule has 0 saturated heterocycles. The van der Waals surface area contributed by atoms with E-state index in [0.29, 0.717) is 29.1 Å². The Hall–Kier alpha value is -3.28. The average Bonchev–Trinajstić information content (AvgIpc) is 2.61. The van der Waals surface area contributed by atoms with Gasteiger partial charge in [-0.3, -0.25) is 9.69 Å². The van der Waals surface area contributed by atoms with Crippen LogP contribution < -0.4 is 10.3 Å². The standard InChI is InChI=1S/C21H22N2O4/c1-13(2)11-23-12-15-9-17(24)18(25)10-16(15)19(14-7-5-4-6-8-14)20(23)22(3)21(26)27/h4-10,12-13,24H,11H2,1-3H3,(H,26,27). The number of phenolic OH excluding ortho intramolecular Hbond substituents is 1. The fourth-order valence-corrected chi connectivity index (χ4v) is 3.27. The third kappa shape index (κ3) is 3.51. The topological polar surface area (TPSA) is 82.8 Å². The zero-order chi connectivity index (χ0) is 19.7. The predicted molar refractivity (Wildman–Crippen MR) is 106 cm³/mol. The highest BCUT2D eigenvalue weighted by Gasteiger charge is 2.25. The van der Waals surface area contributed by atoms with Crippen LogP contribution in [0.3, 0.4) is 0 Å². The molecule has 3 rings (SSSR count). The van der Waals surface area contributed by atoms with E-state index in [1.54, 1.807) is 6.20 Å². The minimum atomic E-state index is -1.09. The molecule has 1 aromatic rings.